The Labute approximate surface area is 126 Å². The van der Waals surface area contributed by atoms with Crippen LogP contribution in [0.2, 0.25) is 0 Å². The first kappa shape index (κ1) is 14.6. The van der Waals surface area contributed by atoms with Crippen LogP contribution in [0.15, 0.2) is 18.5 Å². The SMILES string of the molecule is O=C(CCC1CCNC1)N1CCC(Cn2cccn2)CC1. The lowest BCUT2D eigenvalue weighted by molar-refractivity contribution is -0.132. The molecule has 2 fully saturated rings. The number of hydrogen-bond acceptors (Lipinski definition) is 3. The fraction of sp³-hybridized carbons (Fsp3) is 0.750. The Hall–Kier alpha value is -1.36. The lowest BCUT2D eigenvalue weighted by Gasteiger charge is -2.32. The van der Waals surface area contributed by atoms with Gasteiger partial charge in [0.1, 0.15) is 0 Å². The summed E-state index contributed by atoms with van der Waals surface area (Å²) in [7, 11) is 0. The molecular weight excluding hydrogens is 264 g/mol. The van der Waals surface area contributed by atoms with E-state index in [-0.39, 0.29) is 0 Å². The van der Waals surface area contributed by atoms with Crippen molar-refractivity contribution in [2.75, 3.05) is 26.2 Å². The van der Waals surface area contributed by atoms with Crippen LogP contribution in [-0.4, -0.2) is 46.8 Å². The average molecular weight is 290 g/mol. The van der Waals surface area contributed by atoms with Crippen LogP contribution >= 0.6 is 0 Å². The van der Waals surface area contributed by atoms with Gasteiger partial charge in [-0.3, -0.25) is 9.48 Å². The minimum atomic E-state index is 0.361. The number of hydrogen-bond donors (Lipinski definition) is 1. The molecule has 3 heterocycles. The maximum atomic E-state index is 12.3. The summed E-state index contributed by atoms with van der Waals surface area (Å²) in [5.41, 5.74) is 0. The van der Waals surface area contributed by atoms with Gasteiger partial charge >= 0.3 is 0 Å². The predicted octanol–water partition coefficient (Wildman–Crippen LogP) is 1.51. The van der Waals surface area contributed by atoms with Gasteiger partial charge in [0.05, 0.1) is 0 Å². The van der Waals surface area contributed by atoms with Crippen LogP contribution in [0, 0.1) is 11.8 Å². The van der Waals surface area contributed by atoms with Gasteiger partial charge in [-0.25, -0.2) is 0 Å². The number of aromatic nitrogens is 2. The van der Waals surface area contributed by atoms with Crippen LogP contribution in [0.5, 0.6) is 0 Å². The van der Waals surface area contributed by atoms with Crippen molar-refractivity contribution in [1.82, 2.24) is 20.0 Å². The standard InChI is InChI=1S/C16H26N4O/c21-16(3-2-14-4-8-17-12-14)19-10-5-15(6-11-19)13-20-9-1-7-18-20/h1,7,9,14-15,17H,2-6,8,10-13H2. The molecule has 0 radical (unpaired) electrons. The topological polar surface area (TPSA) is 50.2 Å². The maximum Gasteiger partial charge on any atom is 0.222 e. The van der Waals surface area contributed by atoms with E-state index < -0.39 is 0 Å². The van der Waals surface area contributed by atoms with E-state index in [1.165, 1.54) is 6.42 Å². The van der Waals surface area contributed by atoms with Crippen molar-refractivity contribution in [3.8, 4) is 0 Å². The molecule has 1 aromatic rings. The van der Waals surface area contributed by atoms with Gasteiger partial charge in [0.2, 0.25) is 5.91 Å². The van der Waals surface area contributed by atoms with Gasteiger partial charge in [0.25, 0.3) is 0 Å². The molecule has 5 nitrogen and oxygen atoms in total. The second-order valence-corrected chi connectivity index (χ2v) is 6.45. The number of rotatable bonds is 5. The van der Waals surface area contributed by atoms with Crippen molar-refractivity contribution >= 4 is 5.91 Å². The minimum absolute atomic E-state index is 0.361. The third-order valence-corrected chi connectivity index (χ3v) is 4.90. The maximum absolute atomic E-state index is 12.3. The summed E-state index contributed by atoms with van der Waals surface area (Å²) in [6.07, 6.45) is 9.09. The molecule has 0 bridgehead atoms. The van der Waals surface area contributed by atoms with E-state index in [0.29, 0.717) is 17.7 Å². The molecule has 1 N–H and O–H groups in total. The van der Waals surface area contributed by atoms with E-state index in [1.807, 2.05) is 23.1 Å². The van der Waals surface area contributed by atoms with Crippen molar-refractivity contribution in [3.05, 3.63) is 18.5 Å². The molecule has 2 saturated heterocycles. The van der Waals surface area contributed by atoms with E-state index in [9.17, 15) is 4.79 Å². The highest BCUT2D eigenvalue weighted by molar-refractivity contribution is 5.76. The van der Waals surface area contributed by atoms with Crippen LogP contribution in [0.1, 0.15) is 32.1 Å². The zero-order valence-electron chi connectivity index (χ0n) is 12.7. The third-order valence-electron chi connectivity index (χ3n) is 4.90. The lowest BCUT2D eigenvalue weighted by atomic mass is 9.96. The van der Waals surface area contributed by atoms with Gasteiger partial charge in [-0.15, -0.1) is 0 Å². The predicted molar refractivity (Wildman–Crippen MR) is 81.7 cm³/mol. The number of carbonyl (C=O) groups is 1. The van der Waals surface area contributed by atoms with Crippen LogP contribution in [0.25, 0.3) is 0 Å². The molecule has 0 aliphatic carbocycles. The summed E-state index contributed by atoms with van der Waals surface area (Å²) in [4.78, 5) is 14.3. The van der Waals surface area contributed by atoms with E-state index >= 15 is 0 Å². The Morgan fingerprint density at radius 1 is 1.24 bits per heavy atom. The molecular formula is C16H26N4O. The number of nitrogens with zero attached hydrogens (tertiary/aromatic N) is 3. The van der Waals surface area contributed by atoms with E-state index in [4.69, 9.17) is 0 Å². The summed E-state index contributed by atoms with van der Waals surface area (Å²) in [5.74, 6) is 1.73. The number of piperidine rings is 1. The quantitative estimate of drug-likeness (QED) is 0.894. The highest BCUT2D eigenvalue weighted by atomic mass is 16.2. The molecule has 0 spiro atoms. The Morgan fingerprint density at radius 3 is 2.76 bits per heavy atom. The van der Waals surface area contributed by atoms with Gasteiger partial charge in [-0.1, -0.05) is 0 Å². The average Bonchev–Trinajstić information content (AvgIpc) is 3.19. The molecule has 5 heteroatoms. The number of carbonyl (C=O) groups excluding carboxylic acids is 1. The molecule has 1 aromatic heterocycles. The Bertz CT molecular complexity index is 431. The van der Waals surface area contributed by atoms with Gasteiger partial charge in [-0.2, -0.15) is 5.10 Å². The van der Waals surface area contributed by atoms with Crippen LogP contribution < -0.4 is 5.32 Å². The Kier molecular flexibility index (Phi) is 4.91. The summed E-state index contributed by atoms with van der Waals surface area (Å²) in [6.45, 7) is 5.06. The summed E-state index contributed by atoms with van der Waals surface area (Å²) in [6, 6.07) is 1.97. The zero-order valence-corrected chi connectivity index (χ0v) is 12.7. The number of likely N-dealkylation sites (tertiary alicyclic amines) is 1. The molecule has 3 rings (SSSR count). The molecule has 2 aliphatic rings. The highest BCUT2D eigenvalue weighted by Crippen LogP contribution is 2.21. The Morgan fingerprint density at radius 2 is 2.10 bits per heavy atom. The third kappa shape index (κ3) is 4.06. The summed E-state index contributed by atoms with van der Waals surface area (Å²) in [5, 5.41) is 7.64. The molecule has 116 valence electrons. The first-order valence-electron chi connectivity index (χ1n) is 8.27. The van der Waals surface area contributed by atoms with Crippen molar-refractivity contribution in [3.63, 3.8) is 0 Å². The van der Waals surface area contributed by atoms with E-state index in [1.54, 1.807) is 0 Å². The van der Waals surface area contributed by atoms with Crippen molar-refractivity contribution in [2.45, 2.75) is 38.6 Å². The van der Waals surface area contributed by atoms with Crippen molar-refractivity contribution in [1.29, 1.82) is 0 Å². The molecule has 2 aliphatic heterocycles. The summed E-state index contributed by atoms with van der Waals surface area (Å²) >= 11 is 0. The van der Waals surface area contributed by atoms with Crippen LogP contribution in [0.3, 0.4) is 0 Å². The van der Waals surface area contributed by atoms with Gasteiger partial charge in [-0.05, 0) is 56.7 Å². The monoisotopic (exact) mass is 290 g/mol. The van der Waals surface area contributed by atoms with Gasteiger partial charge in [0.15, 0.2) is 0 Å². The normalized spacial score (nSPS) is 23.6. The van der Waals surface area contributed by atoms with Crippen molar-refractivity contribution < 1.29 is 4.79 Å². The second-order valence-electron chi connectivity index (χ2n) is 6.45. The molecule has 1 atom stereocenters. The second kappa shape index (κ2) is 7.07. The fourth-order valence-corrected chi connectivity index (χ4v) is 3.48. The van der Waals surface area contributed by atoms with E-state index in [2.05, 4.69) is 15.3 Å². The fourth-order valence-electron chi connectivity index (χ4n) is 3.48. The summed E-state index contributed by atoms with van der Waals surface area (Å²) < 4.78 is 2.01. The Balaban J connectivity index is 1.37. The molecule has 0 saturated carbocycles. The number of nitrogens with one attached hydrogen (secondary N) is 1. The smallest absolute Gasteiger partial charge is 0.222 e. The largest absolute Gasteiger partial charge is 0.343 e. The minimum Gasteiger partial charge on any atom is -0.343 e. The van der Waals surface area contributed by atoms with Crippen molar-refractivity contribution in [2.24, 2.45) is 11.8 Å². The number of amides is 1. The molecule has 1 amide bonds. The van der Waals surface area contributed by atoms with Crippen LogP contribution in [-0.2, 0) is 11.3 Å². The van der Waals surface area contributed by atoms with Gasteiger partial charge < -0.3 is 10.2 Å². The molecule has 1 unspecified atom stereocenters. The van der Waals surface area contributed by atoms with Gasteiger partial charge in [0, 0.05) is 38.4 Å². The van der Waals surface area contributed by atoms with Crippen LogP contribution in [0.4, 0.5) is 0 Å². The molecule has 21 heavy (non-hydrogen) atoms. The first-order valence-corrected chi connectivity index (χ1v) is 8.27. The zero-order chi connectivity index (χ0) is 14.5. The first-order chi connectivity index (χ1) is 10.3. The molecule has 0 aromatic carbocycles. The van der Waals surface area contributed by atoms with E-state index in [0.717, 1.165) is 58.4 Å². The lowest BCUT2D eigenvalue weighted by Crippen LogP contribution is -2.39. The highest BCUT2D eigenvalue weighted by Gasteiger charge is 2.24.